The first kappa shape index (κ1) is 15.8. The quantitative estimate of drug-likeness (QED) is 0.569. The summed E-state index contributed by atoms with van der Waals surface area (Å²) in [5, 5.41) is 0. The predicted molar refractivity (Wildman–Crippen MR) is 77.2 cm³/mol. The third-order valence-corrected chi connectivity index (χ3v) is 3.53. The lowest BCUT2D eigenvalue weighted by atomic mass is 10.1. The molecule has 19 heavy (non-hydrogen) atoms. The maximum atomic E-state index is 11.5. The molecule has 1 aromatic rings. The van der Waals surface area contributed by atoms with E-state index in [9.17, 15) is 4.79 Å². The van der Waals surface area contributed by atoms with Crippen molar-refractivity contribution in [3.05, 3.63) is 23.8 Å². The molecule has 0 bridgehead atoms. The molecule has 5 heteroatoms. The molecule has 0 saturated carbocycles. The summed E-state index contributed by atoms with van der Waals surface area (Å²) in [6.07, 6.45) is 1.34. The van der Waals surface area contributed by atoms with Gasteiger partial charge in [-0.05, 0) is 43.5 Å². The lowest BCUT2D eigenvalue weighted by Crippen LogP contribution is -2.18. The summed E-state index contributed by atoms with van der Waals surface area (Å²) in [6.45, 7) is 2.19. The second-order valence-corrected chi connectivity index (χ2v) is 5.04. The van der Waals surface area contributed by atoms with Crippen molar-refractivity contribution >= 4 is 21.9 Å². The normalized spacial score (nSPS) is 11.8. The van der Waals surface area contributed by atoms with Crippen LogP contribution in [0.5, 0.6) is 11.5 Å². The average Bonchev–Trinajstić information content (AvgIpc) is 2.44. The summed E-state index contributed by atoms with van der Waals surface area (Å²) in [4.78, 5) is 11.2. The maximum absolute atomic E-state index is 11.5. The highest BCUT2D eigenvalue weighted by atomic mass is 79.9. The molecule has 0 N–H and O–H groups in total. The van der Waals surface area contributed by atoms with Crippen LogP contribution in [0.15, 0.2) is 18.2 Å². The number of ether oxygens (including phenoxy) is 3. The van der Waals surface area contributed by atoms with Crippen LogP contribution in [-0.2, 0) is 16.0 Å². The summed E-state index contributed by atoms with van der Waals surface area (Å²) >= 11 is 3.34. The molecule has 1 unspecified atom stereocenters. The van der Waals surface area contributed by atoms with Crippen LogP contribution in [0, 0.1) is 0 Å². The zero-order valence-corrected chi connectivity index (χ0v) is 13.0. The number of hydrogen-bond acceptors (Lipinski definition) is 4. The molecule has 0 fully saturated rings. The lowest BCUT2D eigenvalue weighted by Gasteiger charge is -2.12. The lowest BCUT2D eigenvalue weighted by molar-refractivity contribution is -0.142. The number of carbonyl (C=O) groups is 1. The number of methoxy groups -OCH3 is 2. The van der Waals surface area contributed by atoms with E-state index < -0.39 is 0 Å². The minimum atomic E-state index is -0.302. The van der Waals surface area contributed by atoms with Gasteiger partial charge in [0.2, 0.25) is 0 Å². The SMILES string of the molecule is CCOC(=O)C(Br)CCc1cc(OC)ccc1OC. The van der Waals surface area contributed by atoms with Gasteiger partial charge >= 0.3 is 5.97 Å². The van der Waals surface area contributed by atoms with Crippen LogP contribution < -0.4 is 9.47 Å². The fourth-order valence-corrected chi connectivity index (χ4v) is 2.07. The highest BCUT2D eigenvalue weighted by Crippen LogP contribution is 2.26. The Bertz CT molecular complexity index is 420. The van der Waals surface area contributed by atoms with Gasteiger partial charge in [-0.3, -0.25) is 4.79 Å². The molecule has 0 aliphatic heterocycles. The molecular weight excluding hydrogens is 312 g/mol. The van der Waals surface area contributed by atoms with Gasteiger partial charge in [0.1, 0.15) is 16.3 Å². The first-order valence-electron chi connectivity index (χ1n) is 6.14. The number of rotatable bonds is 7. The van der Waals surface area contributed by atoms with Gasteiger partial charge in [0.25, 0.3) is 0 Å². The third-order valence-electron chi connectivity index (χ3n) is 2.70. The van der Waals surface area contributed by atoms with Crippen molar-refractivity contribution in [3.63, 3.8) is 0 Å². The van der Waals surface area contributed by atoms with Gasteiger partial charge in [0.15, 0.2) is 0 Å². The molecule has 0 radical (unpaired) electrons. The van der Waals surface area contributed by atoms with Gasteiger partial charge in [-0.15, -0.1) is 0 Å². The first-order valence-corrected chi connectivity index (χ1v) is 7.05. The van der Waals surface area contributed by atoms with Crippen LogP contribution >= 0.6 is 15.9 Å². The van der Waals surface area contributed by atoms with E-state index >= 15 is 0 Å². The van der Waals surface area contributed by atoms with Crippen LogP contribution in [0.25, 0.3) is 0 Å². The summed E-state index contributed by atoms with van der Waals surface area (Å²) in [7, 11) is 3.25. The van der Waals surface area contributed by atoms with Gasteiger partial charge in [0, 0.05) is 0 Å². The van der Waals surface area contributed by atoms with E-state index in [1.807, 2.05) is 18.2 Å². The van der Waals surface area contributed by atoms with E-state index in [1.165, 1.54) is 0 Å². The van der Waals surface area contributed by atoms with E-state index in [2.05, 4.69) is 15.9 Å². The fraction of sp³-hybridized carbons (Fsp3) is 0.500. The number of alkyl halides is 1. The van der Waals surface area contributed by atoms with Gasteiger partial charge in [-0.2, -0.15) is 0 Å². The molecule has 106 valence electrons. The smallest absolute Gasteiger partial charge is 0.319 e. The second kappa shape index (κ2) is 8.04. The summed E-state index contributed by atoms with van der Waals surface area (Å²) < 4.78 is 15.4. The van der Waals surface area contributed by atoms with Crippen molar-refractivity contribution in [1.29, 1.82) is 0 Å². The Balaban J connectivity index is 2.68. The van der Waals surface area contributed by atoms with Crippen LogP contribution in [0.3, 0.4) is 0 Å². The molecule has 4 nitrogen and oxygen atoms in total. The number of aryl methyl sites for hydroxylation is 1. The molecule has 1 rings (SSSR count). The summed E-state index contributed by atoms with van der Waals surface area (Å²) in [6, 6.07) is 5.63. The molecule has 0 aliphatic carbocycles. The minimum Gasteiger partial charge on any atom is -0.497 e. The number of esters is 1. The monoisotopic (exact) mass is 330 g/mol. The maximum Gasteiger partial charge on any atom is 0.319 e. The van der Waals surface area contributed by atoms with Crippen molar-refractivity contribution < 1.29 is 19.0 Å². The zero-order valence-electron chi connectivity index (χ0n) is 11.4. The Kier molecular flexibility index (Phi) is 6.70. The largest absolute Gasteiger partial charge is 0.497 e. The van der Waals surface area contributed by atoms with E-state index in [0.717, 1.165) is 17.1 Å². The summed E-state index contributed by atoms with van der Waals surface area (Å²) in [5.74, 6) is 1.34. The van der Waals surface area contributed by atoms with Gasteiger partial charge in [-0.1, -0.05) is 15.9 Å². The molecule has 0 spiro atoms. The van der Waals surface area contributed by atoms with E-state index in [1.54, 1.807) is 21.1 Å². The van der Waals surface area contributed by atoms with Crippen molar-refractivity contribution in [1.82, 2.24) is 0 Å². The van der Waals surface area contributed by atoms with Gasteiger partial charge < -0.3 is 14.2 Å². The number of carbonyl (C=O) groups excluding carboxylic acids is 1. The molecule has 0 aliphatic rings. The molecule has 0 amide bonds. The Morgan fingerprint density at radius 1 is 1.32 bits per heavy atom. The molecule has 0 saturated heterocycles. The Labute approximate surface area is 122 Å². The standard InChI is InChI=1S/C14H19BrO4/c1-4-19-14(16)12(15)7-5-10-9-11(17-2)6-8-13(10)18-3/h6,8-9,12H,4-5,7H2,1-3H3. The van der Waals surface area contributed by atoms with Gasteiger partial charge in [0.05, 0.1) is 20.8 Å². The molecule has 0 aromatic heterocycles. The first-order chi connectivity index (χ1) is 9.12. The highest BCUT2D eigenvalue weighted by molar-refractivity contribution is 9.10. The predicted octanol–water partition coefficient (Wildman–Crippen LogP) is 2.96. The topological polar surface area (TPSA) is 44.8 Å². The highest BCUT2D eigenvalue weighted by Gasteiger charge is 2.17. The fourth-order valence-electron chi connectivity index (χ4n) is 1.71. The second-order valence-electron chi connectivity index (χ2n) is 3.94. The molecule has 1 atom stereocenters. The Hall–Kier alpha value is -1.23. The molecule has 1 aromatic carbocycles. The molecule has 0 heterocycles. The van der Waals surface area contributed by atoms with Crippen LogP contribution in [0.2, 0.25) is 0 Å². The van der Waals surface area contributed by atoms with E-state index in [0.29, 0.717) is 19.4 Å². The van der Waals surface area contributed by atoms with Crippen molar-refractivity contribution in [2.45, 2.75) is 24.6 Å². The Morgan fingerprint density at radius 2 is 2.05 bits per heavy atom. The van der Waals surface area contributed by atoms with E-state index in [-0.39, 0.29) is 10.8 Å². The molecular formula is C14H19BrO4. The van der Waals surface area contributed by atoms with Crippen LogP contribution in [-0.4, -0.2) is 31.6 Å². The van der Waals surface area contributed by atoms with Crippen molar-refractivity contribution in [2.75, 3.05) is 20.8 Å². The number of benzene rings is 1. The number of hydrogen-bond donors (Lipinski definition) is 0. The zero-order chi connectivity index (χ0) is 14.3. The van der Waals surface area contributed by atoms with Gasteiger partial charge in [-0.25, -0.2) is 0 Å². The minimum absolute atomic E-state index is 0.232. The van der Waals surface area contributed by atoms with Crippen LogP contribution in [0.1, 0.15) is 18.9 Å². The van der Waals surface area contributed by atoms with Crippen molar-refractivity contribution in [3.8, 4) is 11.5 Å². The van der Waals surface area contributed by atoms with E-state index in [4.69, 9.17) is 14.2 Å². The number of halogens is 1. The van der Waals surface area contributed by atoms with Crippen LogP contribution in [0.4, 0.5) is 0 Å². The van der Waals surface area contributed by atoms with Crippen molar-refractivity contribution in [2.24, 2.45) is 0 Å². The Morgan fingerprint density at radius 3 is 2.63 bits per heavy atom. The summed E-state index contributed by atoms with van der Waals surface area (Å²) in [5.41, 5.74) is 1.01. The third kappa shape index (κ3) is 4.74. The average molecular weight is 331 g/mol.